The molecule has 1 aliphatic heterocycles. The summed E-state index contributed by atoms with van der Waals surface area (Å²) in [6.45, 7) is 14.1. The second-order valence-electron chi connectivity index (χ2n) is 7.73. The molecule has 142 valence electrons. The second-order valence-corrected chi connectivity index (χ2v) is 7.73. The monoisotopic (exact) mass is 359 g/mol. The van der Waals surface area contributed by atoms with Crippen LogP contribution in [-0.4, -0.2) is 54.5 Å². The zero-order valence-electron chi connectivity index (χ0n) is 16.2. The molecule has 0 unspecified atom stereocenters. The number of nitrogens with zero attached hydrogens (tertiary/aromatic N) is 2. The van der Waals surface area contributed by atoms with E-state index in [1.165, 1.54) is 0 Å². The van der Waals surface area contributed by atoms with Crippen LogP contribution in [0.5, 0.6) is 5.75 Å². The Bertz CT molecular complexity index is 671. The maximum Gasteiger partial charge on any atom is 0.321 e. The van der Waals surface area contributed by atoms with Gasteiger partial charge in [-0.25, -0.2) is 4.79 Å². The summed E-state index contributed by atoms with van der Waals surface area (Å²) in [6.07, 6.45) is 0. The predicted octanol–water partition coefficient (Wildman–Crippen LogP) is 3.36. The highest BCUT2D eigenvalue weighted by Crippen LogP contribution is 2.20. The lowest BCUT2D eigenvalue weighted by Gasteiger charge is -2.37. The van der Waals surface area contributed by atoms with E-state index in [0.29, 0.717) is 44.2 Å². The highest BCUT2D eigenvalue weighted by molar-refractivity contribution is 5.90. The fourth-order valence-electron chi connectivity index (χ4n) is 2.66. The third-order valence-corrected chi connectivity index (χ3v) is 4.07. The minimum atomic E-state index is -0.394. The number of urea groups is 1. The van der Waals surface area contributed by atoms with Crippen LogP contribution in [0.25, 0.3) is 0 Å². The number of piperazine rings is 1. The van der Waals surface area contributed by atoms with E-state index in [9.17, 15) is 9.59 Å². The van der Waals surface area contributed by atoms with Crippen LogP contribution < -0.4 is 10.1 Å². The molecule has 1 aromatic carbocycles. The fourth-order valence-corrected chi connectivity index (χ4v) is 2.66. The van der Waals surface area contributed by atoms with Gasteiger partial charge in [-0.3, -0.25) is 4.79 Å². The lowest BCUT2D eigenvalue weighted by atomic mass is 9.94. The van der Waals surface area contributed by atoms with Crippen LogP contribution in [0.2, 0.25) is 0 Å². The van der Waals surface area contributed by atoms with Crippen LogP contribution >= 0.6 is 0 Å². The fraction of sp³-hybridized carbons (Fsp3) is 0.500. The molecule has 0 atom stereocenters. The highest BCUT2D eigenvalue weighted by atomic mass is 16.5. The van der Waals surface area contributed by atoms with Gasteiger partial charge in [-0.2, -0.15) is 0 Å². The molecule has 1 aliphatic rings. The Labute approximate surface area is 155 Å². The number of ether oxygens (including phenoxy) is 1. The van der Waals surface area contributed by atoms with Crippen molar-refractivity contribution in [3.63, 3.8) is 0 Å². The smallest absolute Gasteiger partial charge is 0.321 e. The molecule has 2 rings (SSSR count). The third-order valence-electron chi connectivity index (χ3n) is 4.07. The van der Waals surface area contributed by atoms with Gasteiger partial charge in [0, 0.05) is 43.3 Å². The molecule has 1 saturated heterocycles. The third kappa shape index (κ3) is 5.51. The first-order valence-corrected chi connectivity index (χ1v) is 8.89. The summed E-state index contributed by atoms with van der Waals surface area (Å²) >= 11 is 0. The van der Waals surface area contributed by atoms with Crippen molar-refractivity contribution in [2.75, 3.05) is 38.1 Å². The van der Waals surface area contributed by atoms with Gasteiger partial charge >= 0.3 is 6.03 Å². The summed E-state index contributed by atoms with van der Waals surface area (Å²) in [7, 11) is 0. The van der Waals surface area contributed by atoms with Gasteiger partial charge in [0.15, 0.2) is 0 Å². The van der Waals surface area contributed by atoms with Crippen LogP contribution in [0.4, 0.5) is 10.5 Å². The molecule has 0 aliphatic carbocycles. The number of nitrogens with one attached hydrogen (secondary N) is 1. The van der Waals surface area contributed by atoms with E-state index in [0.717, 1.165) is 5.57 Å². The standard InChI is InChI=1S/C20H29N3O3/c1-15(2)14-26-17-8-6-7-16(13-17)21-19(25)23-11-9-22(10-12-23)18(24)20(3,4)5/h6-8,13H,1,9-12,14H2,2-5H3,(H,21,25). The molecule has 6 nitrogen and oxygen atoms in total. The number of rotatable bonds is 4. The Morgan fingerprint density at radius 1 is 1.15 bits per heavy atom. The van der Waals surface area contributed by atoms with Gasteiger partial charge in [0.05, 0.1) is 0 Å². The number of hydrogen-bond donors (Lipinski definition) is 1. The molecular formula is C20H29N3O3. The molecule has 0 spiro atoms. The number of amides is 3. The zero-order chi connectivity index (χ0) is 19.3. The van der Waals surface area contributed by atoms with Crippen LogP contribution in [-0.2, 0) is 4.79 Å². The Morgan fingerprint density at radius 3 is 2.35 bits per heavy atom. The Morgan fingerprint density at radius 2 is 1.77 bits per heavy atom. The quantitative estimate of drug-likeness (QED) is 0.839. The summed E-state index contributed by atoms with van der Waals surface area (Å²) in [6, 6.07) is 7.13. The largest absolute Gasteiger partial charge is 0.489 e. The van der Waals surface area contributed by atoms with E-state index in [1.807, 2.05) is 50.8 Å². The number of benzene rings is 1. The average molecular weight is 359 g/mol. The first kappa shape index (κ1) is 19.8. The molecule has 6 heteroatoms. The minimum Gasteiger partial charge on any atom is -0.489 e. The molecular weight excluding hydrogens is 330 g/mol. The van der Waals surface area contributed by atoms with Crippen molar-refractivity contribution in [2.24, 2.45) is 5.41 Å². The SMILES string of the molecule is C=C(C)COc1cccc(NC(=O)N2CCN(C(=O)C(C)(C)C)CC2)c1. The van der Waals surface area contributed by atoms with E-state index in [-0.39, 0.29) is 11.9 Å². The molecule has 0 radical (unpaired) electrons. The highest BCUT2D eigenvalue weighted by Gasteiger charge is 2.30. The molecule has 0 aromatic heterocycles. The van der Waals surface area contributed by atoms with Gasteiger partial charge in [0.2, 0.25) is 5.91 Å². The Hall–Kier alpha value is -2.50. The average Bonchev–Trinajstić information content (AvgIpc) is 2.59. The lowest BCUT2D eigenvalue weighted by Crippen LogP contribution is -2.53. The molecule has 1 aromatic rings. The van der Waals surface area contributed by atoms with E-state index in [2.05, 4.69) is 11.9 Å². The van der Waals surface area contributed by atoms with Crippen molar-refractivity contribution < 1.29 is 14.3 Å². The van der Waals surface area contributed by atoms with Crippen LogP contribution in [0.1, 0.15) is 27.7 Å². The van der Waals surface area contributed by atoms with Crippen molar-refractivity contribution in [1.29, 1.82) is 0 Å². The van der Waals surface area contributed by atoms with Crippen LogP contribution in [0.15, 0.2) is 36.4 Å². The van der Waals surface area contributed by atoms with Gasteiger partial charge < -0.3 is 19.9 Å². The van der Waals surface area contributed by atoms with Crippen molar-refractivity contribution in [1.82, 2.24) is 9.80 Å². The number of anilines is 1. The number of carbonyl (C=O) groups is 2. The molecule has 1 N–H and O–H groups in total. The minimum absolute atomic E-state index is 0.125. The van der Waals surface area contributed by atoms with Crippen molar-refractivity contribution >= 4 is 17.6 Å². The topological polar surface area (TPSA) is 61.9 Å². The van der Waals surface area contributed by atoms with Crippen LogP contribution in [0.3, 0.4) is 0 Å². The van der Waals surface area contributed by atoms with Gasteiger partial charge in [0.25, 0.3) is 0 Å². The molecule has 0 saturated carbocycles. The summed E-state index contributed by atoms with van der Waals surface area (Å²) < 4.78 is 5.60. The maximum atomic E-state index is 12.5. The van der Waals surface area contributed by atoms with Crippen LogP contribution in [0, 0.1) is 5.41 Å². The molecule has 3 amide bonds. The molecule has 0 bridgehead atoms. The molecule has 26 heavy (non-hydrogen) atoms. The van der Waals surface area contributed by atoms with Crippen molar-refractivity contribution in [3.8, 4) is 5.75 Å². The van der Waals surface area contributed by atoms with Gasteiger partial charge in [-0.05, 0) is 24.6 Å². The zero-order valence-corrected chi connectivity index (χ0v) is 16.2. The van der Waals surface area contributed by atoms with Crippen molar-refractivity contribution in [3.05, 3.63) is 36.4 Å². The Kier molecular flexibility index (Phi) is 6.29. The summed E-state index contributed by atoms with van der Waals surface area (Å²) in [5.41, 5.74) is 1.22. The normalized spacial score (nSPS) is 14.8. The summed E-state index contributed by atoms with van der Waals surface area (Å²) in [5.74, 6) is 0.811. The molecule has 1 fully saturated rings. The first-order valence-electron chi connectivity index (χ1n) is 8.89. The first-order chi connectivity index (χ1) is 12.2. The number of carbonyl (C=O) groups excluding carboxylic acids is 2. The predicted molar refractivity (Wildman–Crippen MR) is 103 cm³/mol. The van der Waals surface area contributed by atoms with E-state index in [1.54, 1.807) is 11.0 Å². The summed E-state index contributed by atoms with van der Waals surface area (Å²) in [4.78, 5) is 28.4. The lowest BCUT2D eigenvalue weighted by molar-refractivity contribution is -0.140. The van der Waals surface area contributed by atoms with Gasteiger partial charge in [0.1, 0.15) is 12.4 Å². The van der Waals surface area contributed by atoms with Gasteiger partial charge in [-0.1, -0.05) is 33.4 Å². The summed E-state index contributed by atoms with van der Waals surface area (Å²) in [5, 5.41) is 2.90. The van der Waals surface area contributed by atoms with Crippen molar-refractivity contribution in [2.45, 2.75) is 27.7 Å². The molecule has 1 heterocycles. The van der Waals surface area contributed by atoms with E-state index >= 15 is 0 Å². The van der Waals surface area contributed by atoms with E-state index < -0.39 is 5.41 Å². The Balaban J connectivity index is 1.88. The van der Waals surface area contributed by atoms with E-state index in [4.69, 9.17) is 4.74 Å². The maximum absolute atomic E-state index is 12.5. The number of hydrogen-bond acceptors (Lipinski definition) is 3. The van der Waals surface area contributed by atoms with Gasteiger partial charge in [-0.15, -0.1) is 0 Å². The second kappa shape index (κ2) is 8.25.